The molecule has 0 saturated heterocycles. The van der Waals surface area contributed by atoms with E-state index in [0.717, 1.165) is 5.69 Å². The quantitative estimate of drug-likeness (QED) is 0.464. The van der Waals surface area contributed by atoms with Gasteiger partial charge in [-0.1, -0.05) is 29.8 Å². The number of para-hydroxylation sites is 1. The van der Waals surface area contributed by atoms with Gasteiger partial charge in [-0.2, -0.15) is 0 Å². The first-order valence-corrected chi connectivity index (χ1v) is 9.12. The minimum Gasteiger partial charge on any atom is -0.480 e. The monoisotopic (exact) mass is 403 g/mol. The van der Waals surface area contributed by atoms with E-state index in [-0.39, 0.29) is 35.4 Å². The maximum Gasteiger partial charge on any atom is 0.312 e. The molecule has 2 aromatic carbocycles. The molecule has 3 aromatic rings. The Labute approximate surface area is 163 Å². The molecule has 0 unspecified atom stereocenters. The van der Waals surface area contributed by atoms with E-state index < -0.39 is 4.92 Å². The van der Waals surface area contributed by atoms with Crippen molar-refractivity contribution in [2.75, 3.05) is 5.32 Å². The van der Waals surface area contributed by atoms with E-state index in [1.807, 2.05) is 18.2 Å². The molecule has 3 rings (SSSR count). The largest absolute Gasteiger partial charge is 0.480 e. The van der Waals surface area contributed by atoms with Crippen LogP contribution in [0.2, 0.25) is 5.02 Å². The number of hydrogen-bond donors (Lipinski definition) is 1. The van der Waals surface area contributed by atoms with Crippen LogP contribution in [-0.2, 0) is 17.8 Å². The molecule has 0 aliphatic carbocycles. The number of nitro benzene ring substituents is 1. The lowest BCUT2D eigenvalue weighted by Crippen LogP contribution is -2.14. The molecule has 0 radical (unpaired) electrons. The Morgan fingerprint density at radius 3 is 2.78 bits per heavy atom. The van der Waals surface area contributed by atoms with Gasteiger partial charge in [-0.15, -0.1) is 11.3 Å². The molecule has 1 heterocycles. The number of rotatable bonds is 7. The number of nitrogens with zero attached hydrogens (tertiary/aromatic N) is 2. The van der Waals surface area contributed by atoms with Crippen LogP contribution in [-0.4, -0.2) is 15.8 Å². The van der Waals surface area contributed by atoms with Crippen LogP contribution in [0.4, 0.5) is 11.4 Å². The highest BCUT2D eigenvalue weighted by Gasteiger charge is 2.16. The van der Waals surface area contributed by atoms with Crippen LogP contribution in [0, 0.1) is 10.1 Å². The molecular formula is C18H14ClN3O4S. The molecule has 0 spiro atoms. The second-order valence-electron chi connectivity index (χ2n) is 5.48. The number of halogens is 1. The first kappa shape index (κ1) is 18.8. The van der Waals surface area contributed by atoms with Crippen molar-refractivity contribution in [3.05, 3.63) is 79.7 Å². The van der Waals surface area contributed by atoms with Gasteiger partial charge in [0.15, 0.2) is 5.75 Å². The number of benzene rings is 2. The fourth-order valence-electron chi connectivity index (χ4n) is 2.27. The highest BCUT2D eigenvalue weighted by atomic mass is 35.5. The van der Waals surface area contributed by atoms with Crippen LogP contribution in [0.3, 0.4) is 0 Å². The molecule has 27 heavy (non-hydrogen) atoms. The topological polar surface area (TPSA) is 94.4 Å². The van der Waals surface area contributed by atoms with E-state index in [9.17, 15) is 14.9 Å². The number of thiazole rings is 1. The third-order valence-electron chi connectivity index (χ3n) is 3.46. The van der Waals surface area contributed by atoms with Gasteiger partial charge < -0.3 is 10.1 Å². The Balaban J connectivity index is 1.58. The lowest BCUT2D eigenvalue weighted by atomic mass is 10.3. The first-order valence-electron chi connectivity index (χ1n) is 7.86. The minimum absolute atomic E-state index is 0.0548. The summed E-state index contributed by atoms with van der Waals surface area (Å²) < 4.78 is 5.50. The number of amides is 1. The molecule has 0 bridgehead atoms. The van der Waals surface area contributed by atoms with E-state index in [1.54, 1.807) is 17.5 Å². The average Bonchev–Trinajstić information content (AvgIpc) is 3.08. The summed E-state index contributed by atoms with van der Waals surface area (Å²) in [6.45, 7) is 0.0548. The first-order chi connectivity index (χ1) is 13.0. The lowest BCUT2D eigenvalue weighted by molar-refractivity contribution is -0.385. The van der Waals surface area contributed by atoms with Crippen molar-refractivity contribution in [3.8, 4) is 5.75 Å². The average molecular weight is 404 g/mol. The molecule has 1 N–H and O–H groups in total. The molecule has 0 atom stereocenters. The zero-order valence-corrected chi connectivity index (χ0v) is 15.5. The van der Waals surface area contributed by atoms with Crippen LogP contribution < -0.4 is 10.1 Å². The number of carbonyl (C=O) groups excluding carboxylic acids is 1. The number of ether oxygens (including phenoxy) is 1. The van der Waals surface area contributed by atoms with Crippen molar-refractivity contribution >= 4 is 40.2 Å². The highest BCUT2D eigenvalue weighted by Crippen LogP contribution is 2.30. The fraction of sp³-hybridized carbons (Fsp3) is 0.111. The molecular weight excluding hydrogens is 390 g/mol. The maximum absolute atomic E-state index is 12.1. The summed E-state index contributed by atoms with van der Waals surface area (Å²) in [5.74, 6) is -0.0582. The number of anilines is 1. The third kappa shape index (κ3) is 5.25. The number of hydrogen-bond acceptors (Lipinski definition) is 6. The van der Waals surface area contributed by atoms with Gasteiger partial charge in [-0.05, 0) is 24.3 Å². The zero-order chi connectivity index (χ0) is 19.2. The molecule has 0 saturated carbocycles. The van der Waals surface area contributed by atoms with Crippen LogP contribution in [0.1, 0.15) is 10.7 Å². The Bertz CT molecular complexity index is 962. The predicted octanol–water partition coefficient (Wildman–Crippen LogP) is 4.46. The summed E-state index contributed by atoms with van der Waals surface area (Å²) in [7, 11) is 0. The van der Waals surface area contributed by atoms with E-state index in [2.05, 4.69) is 10.3 Å². The number of aromatic nitrogens is 1. The summed E-state index contributed by atoms with van der Waals surface area (Å²) in [5, 5.41) is 16.5. The molecule has 138 valence electrons. The Morgan fingerprint density at radius 2 is 2.04 bits per heavy atom. The third-order valence-corrected chi connectivity index (χ3v) is 4.59. The zero-order valence-electron chi connectivity index (χ0n) is 13.9. The Hall–Kier alpha value is -2.97. The maximum atomic E-state index is 12.1. The number of nitrogens with one attached hydrogen (secondary N) is 1. The smallest absolute Gasteiger partial charge is 0.312 e. The summed E-state index contributed by atoms with van der Waals surface area (Å²) >= 11 is 7.11. The predicted molar refractivity (Wildman–Crippen MR) is 103 cm³/mol. The standard InChI is InChI=1S/C18H14ClN3O4S/c19-12-6-7-16(15(8-12)22(24)25)26-10-14-11-27-18(21-14)9-17(23)20-13-4-2-1-3-5-13/h1-8,11H,9-10H2,(H,20,23). The molecule has 9 heteroatoms. The van der Waals surface area contributed by atoms with Crippen LogP contribution in [0.5, 0.6) is 5.75 Å². The van der Waals surface area contributed by atoms with Crippen LogP contribution >= 0.6 is 22.9 Å². The van der Waals surface area contributed by atoms with Gasteiger partial charge in [-0.25, -0.2) is 4.98 Å². The van der Waals surface area contributed by atoms with Gasteiger partial charge >= 0.3 is 5.69 Å². The normalized spacial score (nSPS) is 10.4. The van der Waals surface area contributed by atoms with Crippen LogP contribution in [0.25, 0.3) is 0 Å². The Morgan fingerprint density at radius 1 is 1.26 bits per heavy atom. The Kier molecular flexibility index (Phi) is 6.00. The van der Waals surface area contributed by atoms with Crippen molar-refractivity contribution in [2.24, 2.45) is 0 Å². The SMILES string of the molecule is O=C(Cc1nc(COc2ccc(Cl)cc2[N+](=O)[O-])cs1)Nc1ccccc1. The molecule has 7 nitrogen and oxygen atoms in total. The summed E-state index contributed by atoms with van der Waals surface area (Å²) in [6.07, 6.45) is 0.140. The summed E-state index contributed by atoms with van der Waals surface area (Å²) in [5.41, 5.74) is 1.10. The highest BCUT2D eigenvalue weighted by molar-refractivity contribution is 7.09. The van der Waals surface area contributed by atoms with Crippen molar-refractivity contribution in [1.29, 1.82) is 0 Å². The lowest BCUT2D eigenvalue weighted by Gasteiger charge is -2.05. The van der Waals surface area contributed by atoms with Crippen molar-refractivity contribution < 1.29 is 14.5 Å². The van der Waals surface area contributed by atoms with E-state index in [1.165, 1.54) is 29.5 Å². The molecule has 1 amide bonds. The van der Waals surface area contributed by atoms with Crippen LogP contribution in [0.15, 0.2) is 53.9 Å². The second-order valence-corrected chi connectivity index (χ2v) is 6.86. The summed E-state index contributed by atoms with van der Waals surface area (Å²) in [4.78, 5) is 26.9. The van der Waals surface area contributed by atoms with Gasteiger partial charge in [0.05, 0.1) is 17.0 Å². The van der Waals surface area contributed by atoms with Crippen molar-refractivity contribution in [1.82, 2.24) is 4.98 Å². The number of nitro groups is 1. The van der Waals surface area contributed by atoms with Gasteiger partial charge in [-0.3, -0.25) is 14.9 Å². The summed E-state index contributed by atoms with van der Waals surface area (Å²) in [6, 6.07) is 13.3. The van der Waals surface area contributed by atoms with Gasteiger partial charge in [0.2, 0.25) is 5.91 Å². The molecule has 1 aromatic heterocycles. The minimum atomic E-state index is -0.554. The van der Waals surface area contributed by atoms with E-state index in [0.29, 0.717) is 10.7 Å². The number of carbonyl (C=O) groups is 1. The van der Waals surface area contributed by atoms with Gasteiger partial charge in [0, 0.05) is 22.2 Å². The van der Waals surface area contributed by atoms with Crippen molar-refractivity contribution in [2.45, 2.75) is 13.0 Å². The van der Waals surface area contributed by atoms with Gasteiger partial charge in [0.25, 0.3) is 0 Å². The van der Waals surface area contributed by atoms with Gasteiger partial charge in [0.1, 0.15) is 11.6 Å². The molecule has 0 aliphatic rings. The fourth-order valence-corrected chi connectivity index (χ4v) is 3.21. The molecule has 0 aliphatic heterocycles. The van der Waals surface area contributed by atoms with Crippen molar-refractivity contribution in [3.63, 3.8) is 0 Å². The van der Waals surface area contributed by atoms with E-state index >= 15 is 0 Å². The van der Waals surface area contributed by atoms with E-state index in [4.69, 9.17) is 16.3 Å². The second kappa shape index (κ2) is 8.61. The molecule has 0 fully saturated rings.